The summed E-state index contributed by atoms with van der Waals surface area (Å²) < 4.78 is 69.8. The van der Waals surface area contributed by atoms with Crippen LogP contribution in [0.15, 0.2) is 59.5 Å². The second-order valence-corrected chi connectivity index (χ2v) is 12.8. The summed E-state index contributed by atoms with van der Waals surface area (Å²) in [6.45, 7) is 3.20. The average molecular weight is 668 g/mol. The molecule has 3 atom stereocenters. The van der Waals surface area contributed by atoms with Gasteiger partial charge in [0.15, 0.2) is 9.84 Å². The van der Waals surface area contributed by atoms with Gasteiger partial charge in [0.2, 0.25) is 11.8 Å². The normalized spacial score (nSPS) is 19.8. The second kappa shape index (κ2) is 14.4. The number of aromatic nitrogens is 1. The third-order valence-corrected chi connectivity index (χ3v) is 9.47. The molecule has 16 heteroatoms. The fourth-order valence-electron chi connectivity index (χ4n) is 5.43. The van der Waals surface area contributed by atoms with Crippen molar-refractivity contribution in [2.45, 2.75) is 43.5 Å². The van der Waals surface area contributed by atoms with Gasteiger partial charge in [0.1, 0.15) is 12.4 Å². The Balaban J connectivity index is 0.000000617. The third kappa shape index (κ3) is 8.30. The van der Waals surface area contributed by atoms with Gasteiger partial charge >= 0.3 is 12.1 Å². The molecule has 3 heterocycles. The Labute approximate surface area is 262 Å². The average Bonchev–Trinajstić information content (AvgIpc) is 3.70. The summed E-state index contributed by atoms with van der Waals surface area (Å²) in [5.74, 6) is -4.80. The lowest BCUT2D eigenvalue weighted by Crippen LogP contribution is -2.48. The van der Waals surface area contributed by atoms with Crippen molar-refractivity contribution >= 4 is 38.5 Å². The van der Waals surface area contributed by atoms with Crippen LogP contribution in [0.5, 0.6) is 5.75 Å². The molecule has 2 aliphatic rings. The molecular formula is C30H32F3N3O9S. The first-order valence-corrected chi connectivity index (χ1v) is 15.8. The number of carbonyl (C=O) groups excluding carboxylic acids is 2. The van der Waals surface area contributed by atoms with Gasteiger partial charge in [-0.25, -0.2) is 18.7 Å². The zero-order valence-electron chi connectivity index (χ0n) is 24.6. The number of aliphatic carboxylic acids is 1. The van der Waals surface area contributed by atoms with E-state index in [2.05, 4.69) is 4.98 Å². The van der Waals surface area contributed by atoms with E-state index in [4.69, 9.17) is 19.4 Å². The zero-order chi connectivity index (χ0) is 33.6. The minimum atomic E-state index is -5.08. The Kier molecular flexibility index (Phi) is 10.9. The lowest BCUT2D eigenvalue weighted by atomic mass is 10.0. The maximum Gasteiger partial charge on any atom is 0.490 e. The van der Waals surface area contributed by atoms with Gasteiger partial charge in [-0.1, -0.05) is 18.2 Å². The van der Waals surface area contributed by atoms with Crippen LogP contribution in [0.3, 0.4) is 0 Å². The van der Waals surface area contributed by atoms with Crippen molar-refractivity contribution in [3.63, 3.8) is 0 Å². The maximum absolute atomic E-state index is 13.4. The number of alkyl halides is 3. The number of carbonyl (C=O) groups is 3. The molecule has 2 amide bonds. The van der Waals surface area contributed by atoms with Crippen molar-refractivity contribution in [1.82, 2.24) is 15.4 Å². The predicted molar refractivity (Wildman–Crippen MR) is 155 cm³/mol. The highest BCUT2D eigenvalue weighted by Crippen LogP contribution is 2.31. The van der Waals surface area contributed by atoms with Crippen molar-refractivity contribution in [3.05, 3.63) is 65.9 Å². The summed E-state index contributed by atoms with van der Waals surface area (Å²) in [6.07, 6.45) is -4.26. The molecule has 0 bridgehead atoms. The molecule has 2 aromatic carbocycles. The number of pyridine rings is 1. The van der Waals surface area contributed by atoms with Crippen molar-refractivity contribution in [3.8, 4) is 5.75 Å². The highest BCUT2D eigenvalue weighted by molar-refractivity contribution is 7.91. The molecule has 1 unspecified atom stereocenters. The first-order chi connectivity index (χ1) is 21.7. The van der Waals surface area contributed by atoms with E-state index >= 15 is 0 Å². The summed E-state index contributed by atoms with van der Waals surface area (Å²) >= 11 is 0. The fraction of sp³-hybridized carbons (Fsp3) is 0.400. The van der Waals surface area contributed by atoms with Crippen LogP contribution in [-0.2, 0) is 35.6 Å². The molecule has 0 spiro atoms. The number of benzene rings is 2. The van der Waals surface area contributed by atoms with Gasteiger partial charge in [-0.15, -0.1) is 0 Å². The molecule has 3 aromatic rings. The minimum Gasteiger partial charge on any atom is -0.489 e. The molecular weight excluding hydrogens is 635 g/mol. The number of sulfone groups is 1. The molecule has 248 valence electrons. The summed E-state index contributed by atoms with van der Waals surface area (Å²) in [5.41, 5.74) is 4.35. The molecule has 46 heavy (non-hydrogen) atoms. The molecule has 5 rings (SSSR count). The topological polar surface area (TPSA) is 172 Å². The number of rotatable bonds is 8. The smallest absolute Gasteiger partial charge is 0.489 e. The van der Waals surface area contributed by atoms with Crippen LogP contribution in [-0.4, -0.2) is 84.1 Å². The van der Waals surface area contributed by atoms with Crippen molar-refractivity contribution in [2.24, 2.45) is 11.8 Å². The second-order valence-electron chi connectivity index (χ2n) is 10.8. The monoisotopic (exact) mass is 667 g/mol. The number of halogens is 3. The van der Waals surface area contributed by atoms with Gasteiger partial charge in [0.05, 0.1) is 40.6 Å². The molecule has 0 aliphatic carbocycles. The van der Waals surface area contributed by atoms with Crippen LogP contribution in [0, 0.1) is 18.8 Å². The van der Waals surface area contributed by atoms with E-state index in [-0.39, 0.29) is 42.9 Å². The van der Waals surface area contributed by atoms with E-state index in [0.29, 0.717) is 18.8 Å². The van der Waals surface area contributed by atoms with E-state index in [1.165, 1.54) is 17.0 Å². The SMILES string of the molecule is Cc1cc(COc2ccc(S(=O)(=O)C[C@H]3[C@@H](C(=O)NO)CCN3C(=O)C3CCOC3)cc2)c2ccccc2n1.O=C(O)C(F)(F)F. The Bertz CT molecular complexity index is 1680. The lowest BCUT2D eigenvalue weighted by Gasteiger charge is -2.29. The number of fused-ring (bicyclic) bond motifs is 1. The molecule has 0 saturated carbocycles. The minimum absolute atomic E-state index is 0.0618. The summed E-state index contributed by atoms with van der Waals surface area (Å²) in [6, 6.07) is 15.0. The van der Waals surface area contributed by atoms with E-state index in [1.807, 2.05) is 37.3 Å². The number of para-hydroxylation sites is 1. The van der Waals surface area contributed by atoms with Crippen LogP contribution in [0.4, 0.5) is 13.2 Å². The number of hydrogen-bond donors (Lipinski definition) is 3. The Hall–Kier alpha value is -4.28. The number of nitrogens with zero attached hydrogens (tertiary/aromatic N) is 2. The Morgan fingerprint density at radius 2 is 1.78 bits per heavy atom. The number of carboxylic acid groups (broad SMARTS) is 1. The number of hydroxylamine groups is 1. The number of likely N-dealkylation sites (tertiary alicyclic amines) is 1. The fourth-order valence-corrected chi connectivity index (χ4v) is 7.03. The number of amides is 2. The summed E-state index contributed by atoms with van der Waals surface area (Å²) in [7, 11) is -3.88. The van der Waals surface area contributed by atoms with Gasteiger partial charge in [-0.3, -0.25) is 19.8 Å². The van der Waals surface area contributed by atoms with Crippen LogP contribution in [0.2, 0.25) is 0 Å². The van der Waals surface area contributed by atoms with Gasteiger partial charge in [0.25, 0.3) is 0 Å². The molecule has 1 aromatic heterocycles. The highest BCUT2D eigenvalue weighted by atomic mass is 32.2. The number of carboxylic acids is 1. The molecule has 12 nitrogen and oxygen atoms in total. The van der Waals surface area contributed by atoms with Crippen molar-refractivity contribution in [2.75, 3.05) is 25.5 Å². The summed E-state index contributed by atoms with van der Waals surface area (Å²) in [4.78, 5) is 40.4. The Morgan fingerprint density at radius 3 is 2.39 bits per heavy atom. The molecule has 0 radical (unpaired) electrons. The quantitative estimate of drug-likeness (QED) is 0.239. The molecule has 2 saturated heterocycles. The van der Waals surface area contributed by atoms with Crippen molar-refractivity contribution in [1.29, 1.82) is 0 Å². The van der Waals surface area contributed by atoms with Gasteiger partial charge in [-0.05, 0) is 56.2 Å². The summed E-state index contributed by atoms with van der Waals surface area (Å²) in [5, 5.41) is 17.3. The van der Waals surface area contributed by atoms with Gasteiger partial charge in [0, 0.05) is 29.8 Å². The van der Waals surface area contributed by atoms with Gasteiger partial charge < -0.3 is 19.5 Å². The van der Waals surface area contributed by atoms with Crippen molar-refractivity contribution < 1.29 is 55.8 Å². The lowest BCUT2D eigenvalue weighted by molar-refractivity contribution is -0.192. The third-order valence-electron chi connectivity index (χ3n) is 7.69. The number of aryl methyl sites for hydroxylation is 1. The van der Waals surface area contributed by atoms with E-state index in [9.17, 15) is 36.4 Å². The van der Waals surface area contributed by atoms with E-state index in [1.54, 1.807) is 17.6 Å². The Morgan fingerprint density at radius 1 is 1.11 bits per heavy atom. The highest BCUT2D eigenvalue weighted by Gasteiger charge is 2.45. The zero-order valence-corrected chi connectivity index (χ0v) is 25.4. The number of ether oxygens (including phenoxy) is 2. The predicted octanol–water partition coefficient (Wildman–Crippen LogP) is 3.29. The molecule has 2 aliphatic heterocycles. The van der Waals surface area contributed by atoms with Crippen LogP contribution >= 0.6 is 0 Å². The maximum atomic E-state index is 13.4. The van der Waals surface area contributed by atoms with Crippen LogP contribution < -0.4 is 10.2 Å². The van der Waals surface area contributed by atoms with E-state index in [0.717, 1.165) is 22.2 Å². The van der Waals surface area contributed by atoms with Gasteiger partial charge in [-0.2, -0.15) is 13.2 Å². The number of nitrogens with one attached hydrogen (secondary N) is 1. The largest absolute Gasteiger partial charge is 0.490 e. The first kappa shape index (κ1) is 34.6. The molecule has 2 fully saturated rings. The van der Waals surface area contributed by atoms with E-state index < -0.39 is 45.6 Å². The first-order valence-electron chi connectivity index (χ1n) is 14.1. The van der Waals surface area contributed by atoms with Crippen LogP contribution in [0.25, 0.3) is 10.9 Å². The number of hydrogen-bond acceptors (Lipinski definition) is 9. The standard InChI is InChI=1S/C28H31N3O7S.C2HF3O2/c1-18-14-20(23-4-2-3-5-25(23)29-18)16-38-21-6-8-22(9-7-21)39(35,36)17-26-24(27(32)30-34)10-12-31(26)28(33)19-11-13-37-15-19;3-2(4,5)1(6)7/h2-9,14,19,24,26,34H,10-13,15-17H2,1H3,(H,30,32);(H,6,7)/t19?,24-,26-;/m0./s1. The van der Waals surface area contributed by atoms with Crippen LogP contribution in [0.1, 0.15) is 24.1 Å². The molecule has 3 N–H and O–H groups in total.